The third-order valence-corrected chi connectivity index (χ3v) is 7.42. The maximum absolute atomic E-state index is 13.4. The molecule has 0 saturated heterocycles. The molecule has 1 amide bonds. The molecule has 0 aliphatic rings. The number of sulfonamides is 1. The number of carbonyl (C=O) groups is 1. The highest BCUT2D eigenvalue weighted by atomic mass is 79.9. The molecule has 0 radical (unpaired) electrons. The summed E-state index contributed by atoms with van der Waals surface area (Å²) in [5, 5.41) is 2.77. The van der Waals surface area contributed by atoms with E-state index in [1.807, 2.05) is 60.7 Å². The Labute approximate surface area is 213 Å². The molecule has 178 valence electrons. The van der Waals surface area contributed by atoms with Crippen LogP contribution in [-0.2, 0) is 21.4 Å². The lowest BCUT2D eigenvalue weighted by Gasteiger charge is -2.22. The number of nitrogens with zero attached hydrogens (tertiary/aromatic N) is 1. The van der Waals surface area contributed by atoms with Crippen molar-refractivity contribution in [3.05, 3.63) is 119 Å². The zero-order valence-electron chi connectivity index (χ0n) is 18.7. The number of nitrogens with one attached hydrogen (secondary N) is 1. The molecule has 4 aromatic rings. The van der Waals surface area contributed by atoms with Crippen molar-refractivity contribution < 1.29 is 17.9 Å². The molecule has 0 fully saturated rings. The predicted octanol–water partition coefficient (Wildman–Crippen LogP) is 6.07. The third kappa shape index (κ3) is 6.79. The standard InChI is InChI=1S/C27H23BrN2O4S/c28-22-11-17-26(18-12-22)35(32,33)30(19-21-7-3-1-4-8-21)20-27(31)29-23-13-15-25(16-14-23)34-24-9-5-2-6-10-24/h1-18H,19-20H2,(H,29,31). The van der Waals surface area contributed by atoms with Crippen molar-refractivity contribution in [3.63, 3.8) is 0 Å². The molecule has 6 nitrogen and oxygen atoms in total. The van der Waals surface area contributed by atoms with E-state index in [4.69, 9.17) is 4.74 Å². The van der Waals surface area contributed by atoms with Crippen molar-refractivity contribution >= 4 is 37.5 Å². The summed E-state index contributed by atoms with van der Waals surface area (Å²) in [4.78, 5) is 13.0. The van der Waals surface area contributed by atoms with Crippen LogP contribution >= 0.6 is 15.9 Å². The molecule has 0 atom stereocenters. The van der Waals surface area contributed by atoms with E-state index < -0.39 is 15.9 Å². The van der Waals surface area contributed by atoms with Crippen LogP contribution in [0.3, 0.4) is 0 Å². The number of benzene rings is 4. The van der Waals surface area contributed by atoms with Gasteiger partial charge in [0, 0.05) is 16.7 Å². The van der Waals surface area contributed by atoms with Crippen LogP contribution < -0.4 is 10.1 Å². The molecule has 0 unspecified atom stereocenters. The number of rotatable bonds is 9. The number of hydrogen-bond acceptors (Lipinski definition) is 4. The largest absolute Gasteiger partial charge is 0.457 e. The van der Waals surface area contributed by atoms with Gasteiger partial charge in [0.25, 0.3) is 0 Å². The summed E-state index contributed by atoms with van der Waals surface area (Å²) in [6, 6.07) is 31.8. The quantitative estimate of drug-likeness (QED) is 0.274. The molecule has 0 bridgehead atoms. The van der Waals surface area contributed by atoms with Crippen LogP contribution in [0.1, 0.15) is 5.56 Å². The van der Waals surface area contributed by atoms with Gasteiger partial charge in [-0.05, 0) is 66.2 Å². The molecule has 1 N–H and O–H groups in total. The second-order valence-corrected chi connectivity index (χ2v) is 10.6. The molecule has 0 aliphatic heterocycles. The lowest BCUT2D eigenvalue weighted by atomic mass is 10.2. The van der Waals surface area contributed by atoms with Crippen LogP contribution in [0.2, 0.25) is 0 Å². The van der Waals surface area contributed by atoms with Crippen LogP contribution in [-0.4, -0.2) is 25.2 Å². The van der Waals surface area contributed by atoms with Crippen molar-refractivity contribution in [2.75, 3.05) is 11.9 Å². The Morgan fingerprint density at radius 1 is 0.771 bits per heavy atom. The van der Waals surface area contributed by atoms with E-state index in [-0.39, 0.29) is 18.0 Å². The average Bonchev–Trinajstić information content (AvgIpc) is 2.86. The molecular weight excluding hydrogens is 528 g/mol. The fraction of sp³-hybridized carbons (Fsp3) is 0.0741. The van der Waals surface area contributed by atoms with Crippen molar-refractivity contribution in [1.29, 1.82) is 0 Å². The van der Waals surface area contributed by atoms with Gasteiger partial charge in [-0.15, -0.1) is 0 Å². The first-order valence-electron chi connectivity index (χ1n) is 10.8. The minimum absolute atomic E-state index is 0.0660. The van der Waals surface area contributed by atoms with Gasteiger partial charge in [0.2, 0.25) is 15.9 Å². The van der Waals surface area contributed by atoms with Gasteiger partial charge >= 0.3 is 0 Å². The number of anilines is 1. The number of para-hydroxylation sites is 1. The smallest absolute Gasteiger partial charge is 0.243 e. The normalized spacial score (nSPS) is 11.3. The van der Waals surface area contributed by atoms with Crippen LogP contribution in [0, 0.1) is 0 Å². The van der Waals surface area contributed by atoms with Gasteiger partial charge in [-0.2, -0.15) is 4.31 Å². The molecular formula is C27H23BrN2O4S. The van der Waals surface area contributed by atoms with Gasteiger partial charge in [-0.3, -0.25) is 4.79 Å². The van der Waals surface area contributed by atoms with Gasteiger partial charge in [0.15, 0.2) is 0 Å². The topological polar surface area (TPSA) is 75.7 Å². The van der Waals surface area contributed by atoms with Crippen LogP contribution in [0.4, 0.5) is 5.69 Å². The van der Waals surface area contributed by atoms with E-state index in [9.17, 15) is 13.2 Å². The second-order valence-electron chi connectivity index (χ2n) is 7.70. The van der Waals surface area contributed by atoms with E-state index in [2.05, 4.69) is 21.2 Å². The Balaban J connectivity index is 1.48. The van der Waals surface area contributed by atoms with Gasteiger partial charge in [-0.25, -0.2) is 8.42 Å². The van der Waals surface area contributed by atoms with E-state index in [1.165, 1.54) is 16.4 Å². The summed E-state index contributed by atoms with van der Waals surface area (Å²) in [5.74, 6) is 0.884. The Hall–Kier alpha value is -3.46. The predicted molar refractivity (Wildman–Crippen MR) is 140 cm³/mol. The highest BCUT2D eigenvalue weighted by Crippen LogP contribution is 2.24. The highest BCUT2D eigenvalue weighted by molar-refractivity contribution is 9.10. The Morgan fingerprint density at radius 2 is 1.34 bits per heavy atom. The first kappa shape index (κ1) is 24.7. The van der Waals surface area contributed by atoms with E-state index in [0.717, 1.165) is 10.0 Å². The highest BCUT2D eigenvalue weighted by Gasteiger charge is 2.27. The van der Waals surface area contributed by atoms with E-state index in [0.29, 0.717) is 17.2 Å². The van der Waals surface area contributed by atoms with Crippen molar-refractivity contribution in [1.82, 2.24) is 4.31 Å². The maximum Gasteiger partial charge on any atom is 0.243 e. The first-order chi connectivity index (χ1) is 16.9. The second kappa shape index (κ2) is 11.3. The van der Waals surface area contributed by atoms with Gasteiger partial charge < -0.3 is 10.1 Å². The molecule has 0 aromatic heterocycles. The van der Waals surface area contributed by atoms with E-state index in [1.54, 1.807) is 36.4 Å². The van der Waals surface area contributed by atoms with Crippen LogP contribution in [0.25, 0.3) is 0 Å². The summed E-state index contributed by atoms with van der Waals surface area (Å²) >= 11 is 3.32. The monoisotopic (exact) mass is 550 g/mol. The summed E-state index contributed by atoms with van der Waals surface area (Å²) in [7, 11) is -3.91. The Kier molecular flexibility index (Phi) is 7.97. The number of halogens is 1. The Morgan fingerprint density at radius 3 is 1.97 bits per heavy atom. The minimum atomic E-state index is -3.91. The summed E-state index contributed by atoms with van der Waals surface area (Å²) in [6.07, 6.45) is 0. The van der Waals surface area contributed by atoms with Crippen LogP contribution in [0.5, 0.6) is 11.5 Å². The first-order valence-corrected chi connectivity index (χ1v) is 13.1. The number of amides is 1. The van der Waals surface area contributed by atoms with E-state index >= 15 is 0 Å². The van der Waals surface area contributed by atoms with Crippen LogP contribution in [0.15, 0.2) is 119 Å². The van der Waals surface area contributed by atoms with Crippen molar-refractivity contribution in [2.24, 2.45) is 0 Å². The molecule has 4 rings (SSSR count). The number of ether oxygens (including phenoxy) is 1. The SMILES string of the molecule is O=C(CN(Cc1ccccc1)S(=O)(=O)c1ccc(Br)cc1)Nc1ccc(Oc2ccccc2)cc1. The van der Waals surface area contributed by atoms with Gasteiger partial charge in [-0.1, -0.05) is 64.5 Å². The molecule has 35 heavy (non-hydrogen) atoms. The Bertz CT molecular complexity index is 1360. The molecule has 4 aromatic carbocycles. The molecule has 8 heteroatoms. The summed E-state index contributed by atoms with van der Waals surface area (Å²) in [5.41, 5.74) is 1.32. The minimum Gasteiger partial charge on any atom is -0.457 e. The zero-order chi connectivity index (χ0) is 24.7. The lowest BCUT2D eigenvalue weighted by molar-refractivity contribution is -0.116. The summed E-state index contributed by atoms with van der Waals surface area (Å²) in [6.45, 7) is -0.272. The molecule has 0 spiro atoms. The fourth-order valence-electron chi connectivity index (χ4n) is 3.36. The third-order valence-electron chi connectivity index (χ3n) is 5.09. The summed E-state index contributed by atoms with van der Waals surface area (Å²) < 4.78 is 34.4. The maximum atomic E-state index is 13.4. The number of carbonyl (C=O) groups excluding carboxylic acids is 1. The fourth-order valence-corrected chi connectivity index (χ4v) is 5.01. The lowest BCUT2D eigenvalue weighted by Crippen LogP contribution is -2.37. The van der Waals surface area contributed by atoms with Crippen molar-refractivity contribution in [2.45, 2.75) is 11.4 Å². The average molecular weight is 551 g/mol. The molecule has 0 aliphatic carbocycles. The molecule has 0 heterocycles. The zero-order valence-corrected chi connectivity index (χ0v) is 21.1. The van der Waals surface area contributed by atoms with Gasteiger partial charge in [0.05, 0.1) is 11.4 Å². The van der Waals surface area contributed by atoms with Gasteiger partial charge in [0.1, 0.15) is 11.5 Å². The van der Waals surface area contributed by atoms with Crippen molar-refractivity contribution in [3.8, 4) is 11.5 Å². The molecule has 0 saturated carbocycles. The number of hydrogen-bond donors (Lipinski definition) is 1.